The second-order valence-corrected chi connectivity index (χ2v) is 7.49. The maximum atomic E-state index is 11.8. The van der Waals surface area contributed by atoms with Crippen LogP contribution in [0.3, 0.4) is 0 Å². The Morgan fingerprint density at radius 2 is 1.92 bits per heavy atom. The van der Waals surface area contributed by atoms with Gasteiger partial charge in [-0.05, 0) is 62.9 Å². The lowest BCUT2D eigenvalue weighted by atomic mass is 10.1. The van der Waals surface area contributed by atoms with Crippen LogP contribution in [0.1, 0.15) is 33.6 Å². The Morgan fingerprint density at radius 3 is 2.44 bits per heavy atom. The van der Waals surface area contributed by atoms with Crippen LogP contribution in [0.4, 0.5) is 0 Å². The van der Waals surface area contributed by atoms with Crippen molar-refractivity contribution in [3.63, 3.8) is 0 Å². The highest BCUT2D eigenvalue weighted by Gasteiger charge is 2.40. The molecule has 0 spiro atoms. The molecule has 0 bridgehead atoms. The Hall–Kier alpha value is -1.28. The van der Waals surface area contributed by atoms with Crippen molar-refractivity contribution in [2.45, 2.75) is 56.5 Å². The van der Waals surface area contributed by atoms with E-state index in [0.717, 1.165) is 11.3 Å². The molecule has 1 aliphatic heterocycles. The molecule has 1 aliphatic rings. The minimum absolute atomic E-state index is 0.0994. The maximum Gasteiger partial charge on any atom is 0.320 e. The second-order valence-electron chi connectivity index (χ2n) is 6.32. The number of phenolic OH excluding ortho intramolecular Hbond substituents is 1. The first-order valence-corrected chi connectivity index (χ1v) is 9.27. The summed E-state index contributed by atoms with van der Waals surface area (Å²) >= 11 is 1.41. The number of esters is 1. The van der Waals surface area contributed by atoms with E-state index in [2.05, 4.69) is 0 Å². The molecule has 0 aromatic heterocycles. The highest BCUT2D eigenvalue weighted by molar-refractivity contribution is 7.97. The monoisotopic (exact) mass is 369 g/mol. The fraction of sp³-hybridized carbons (Fsp3) is 0.611. The van der Waals surface area contributed by atoms with Gasteiger partial charge in [0.05, 0.1) is 25.9 Å². The summed E-state index contributed by atoms with van der Waals surface area (Å²) in [7, 11) is 1.37. The lowest BCUT2D eigenvalue weighted by molar-refractivity contribution is -0.313. The summed E-state index contributed by atoms with van der Waals surface area (Å²) in [5.74, 6) is -0.875. The van der Waals surface area contributed by atoms with E-state index in [1.54, 1.807) is 24.3 Å². The molecule has 1 aromatic rings. The van der Waals surface area contributed by atoms with Gasteiger partial charge in [-0.2, -0.15) is 0 Å². The third kappa shape index (κ3) is 5.88. The Balaban J connectivity index is 2.15. The Labute approximate surface area is 153 Å². The normalized spacial score (nSPS) is 26.6. The van der Waals surface area contributed by atoms with Crippen LogP contribution in [0.2, 0.25) is 0 Å². The fourth-order valence-corrected chi connectivity index (χ4v) is 3.92. The number of nitrogens with zero attached hydrogens (tertiary/aromatic N) is 1. The quantitative estimate of drug-likeness (QED) is 0.585. The molecule has 2 unspecified atom stereocenters. The number of hydrogen-bond acceptors (Lipinski definition) is 7. The number of phenols is 1. The minimum Gasteiger partial charge on any atom is -0.508 e. The highest BCUT2D eigenvalue weighted by Crippen LogP contribution is 2.34. The smallest absolute Gasteiger partial charge is 0.320 e. The van der Waals surface area contributed by atoms with E-state index in [9.17, 15) is 9.90 Å². The molecule has 1 aromatic carbocycles. The summed E-state index contributed by atoms with van der Waals surface area (Å²) in [6, 6.07) is 6.84. The summed E-state index contributed by atoms with van der Waals surface area (Å²) in [5.41, 5.74) is 0. The van der Waals surface area contributed by atoms with Gasteiger partial charge in [-0.25, -0.2) is 4.31 Å². The molecule has 2 rings (SSSR count). The molecule has 25 heavy (non-hydrogen) atoms. The van der Waals surface area contributed by atoms with Gasteiger partial charge in [0.2, 0.25) is 0 Å². The van der Waals surface area contributed by atoms with Crippen molar-refractivity contribution in [1.82, 2.24) is 4.31 Å². The molecular weight excluding hydrogens is 342 g/mol. The standard InChI is InChI=1S/C18H27NO5S/c1-5-18(23-13(2)10-14(3)24-18)12-19(11-17(21)22-4)25-16-8-6-15(20)7-9-16/h6-9,13-14,20H,5,10-12H2,1-4H3/t13-,14?,18?/m1/s1. The molecule has 6 nitrogen and oxygen atoms in total. The largest absolute Gasteiger partial charge is 0.508 e. The Kier molecular flexibility index (Phi) is 7.13. The molecule has 0 radical (unpaired) electrons. The van der Waals surface area contributed by atoms with Crippen molar-refractivity contribution >= 4 is 17.9 Å². The SMILES string of the molecule is CCC1(CN(CC(=O)OC)Sc2ccc(O)cc2)OC(C)C[C@@H](C)O1. The molecule has 0 saturated carbocycles. The Morgan fingerprint density at radius 1 is 1.32 bits per heavy atom. The zero-order valence-corrected chi connectivity index (χ0v) is 16.0. The lowest BCUT2D eigenvalue weighted by Crippen LogP contribution is -2.53. The van der Waals surface area contributed by atoms with Gasteiger partial charge in [0, 0.05) is 4.90 Å². The average molecular weight is 369 g/mol. The lowest BCUT2D eigenvalue weighted by Gasteiger charge is -2.44. The molecule has 1 heterocycles. The van der Waals surface area contributed by atoms with E-state index in [4.69, 9.17) is 14.2 Å². The fourth-order valence-electron chi connectivity index (χ4n) is 2.93. The van der Waals surface area contributed by atoms with Gasteiger partial charge in [-0.3, -0.25) is 4.79 Å². The number of carbonyl (C=O) groups excluding carboxylic acids is 1. The van der Waals surface area contributed by atoms with Gasteiger partial charge in [0.1, 0.15) is 12.3 Å². The van der Waals surface area contributed by atoms with Crippen molar-refractivity contribution in [2.24, 2.45) is 0 Å². The third-order valence-corrected chi connectivity index (χ3v) is 5.06. The molecular formula is C18H27NO5S. The van der Waals surface area contributed by atoms with Crippen LogP contribution in [-0.2, 0) is 19.0 Å². The molecule has 7 heteroatoms. The van der Waals surface area contributed by atoms with Gasteiger partial charge < -0.3 is 19.3 Å². The van der Waals surface area contributed by atoms with Gasteiger partial charge in [-0.1, -0.05) is 6.92 Å². The van der Waals surface area contributed by atoms with Crippen molar-refractivity contribution in [1.29, 1.82) is 0 Å². The number of carbonyl (C=O) groups is 1. The first-order valence-electron chi connectivity index (χ1n) is 8.50. The molecule has 140 valence electrons. The van der Waals surface area contributed by atoms with Crippen LogP contribution in [0.15, 0.2) is 29.2 Å². The molecule has 0 amide bonds. The summed E-state index contributed by atoms with van der Waals surface area (Å²) < 4.78 is 19.0. The van der Waals surface area contributed by atoms with E-state index in [0.29, 0.717) is 13.0 Å². The first kappa shape index (κ1) is 20.0. The molecule has 1 N–H and O–H groups in total. The van der Waals surface area contributed by atoms with E-state index < -0.39 is 5.79 Å². The predicted molar refractivity (Wildman–Crippen MR) is 96.3 cm³/mol. The number of aromatic hydroxyl groups is 1. The zero-order chi connectivity index (χ0) is 18.4. The summed E-state index contributed by atoms with van der Waals surface area (Å²) in [5, 5.41) is 9.44. The maximum absolute atomic E-state index is 11.8. The van der Waals surface area contributed by atoms with Crippen LogP contribution >= 0.6 is 11.9 Å². The van der Waals surface area contributed by atoms with Gasteiger partial charge in [0.25, 0.3) is 0 Å². The minimum atomic E-state index is -0.755. The van der Waals surface area contributed by atoms with Crippen LogP contribution in [-0.4, -0.2) is 53.6 Å². The number of methoxy groups -OCH3 is 1. The number of benzene rings is 1. The van der Waals surface area contributed by atoms with Crippen molar-refractivity contribution < 1.29 is 24.1 Å². The highest BCUT2D eigenvalue weighted by atomic mass is 32.2. The van der Waals surface area contributed by atoms with Crippen molar-refractivity contribution in [2.75, 3.05) is 20.2 Å². The van der Waals surface area contributed by atoms with Crippen LogP contribution < -0.4 is 0 Å². The zero-order valence-electron chi connectivity index (χ0n) is 15.2. The predicted octanol–water partition coefficient (Wildman–Crippen LogP) is 3.19. The van der Waals surface area contributed by atoms with Gasteiger partial charge >= 0.3 is 5.97 Å². The molecule has 1 fully saturated rings. The van der Waals surface area contributed by atoms with E-state index in [-0.39, 0.29) is 30.5 Å². The molecule has 3 atom stereocenters. The van der Waals surface area contributed by atoms with Crippen molar-refractivity contribution in [3.8, 4) is 5.75 Å². The topological polar surface area (TPSA) is 68.2 Å². The van der Waals surface area contributed by atoms with Crippen molar-refractivity contribution in [3.05, 3.63) is 24.3 Å². The summed E-state index contributed by atoms with van der Waals surface area (Å²) in [6.45, 7) is 6.65. The molecule has 1 saturated heterocycles. The van der Waals surface area contributed by atoms with Crippen LogP contribution in [0, 0.1) is 0 Å². The van der Waals surface area contributed by atoms with E-state index >= 15 is 0 Å². The first-order chi connectivity index (χ1) is 11.9. The number of ether oxygens (including phenoxy) is 3. The third-order valence-electron chi connectivity index (χ3n) is 4.06. The number of rotatable bonds is 7. The van der Waals surface area contributed by atoms with E-state index in [1.165, 1.54) is 19.1 Å². The summed E-state index contributed by atoms with van der Waals surface area (Å²) in [6.07, 6.45) is 1.73. The average Bonchev–Trinajstić information content (AvgIpc) is 2.55. The van der Waals surface area contributed by atoms with Crippen LogP contribution in [0.5, 0.6) is 5.75 Å². The molecule has 0 aliphatic carbocycles. The second kappa shape index (κ2) is 8.89. The summed E-state index contributed by atoms with van der Waals surface area (Å²) in [4.78, 5) is 12.7. The van der Waals surface area contributed by atoms with Gasteiger partial charge in [0.15, 0.2) is 5.79 Å². The van der Waals surface area contributed by atoms with E-state index in [1.807, 2.05) is 25.1 Å². The number of hydrogen-bond donors (Lipinski definition) is 1. The Bertz CT molecular complexity index is 555. The van der Waals surface area contributed by atoms with Crippen LogP contribution in [0.25, 0.3) is 0 Å². The van der Waals surface area contributed by atoms with Gasteiger partial charge in [-0.15, -0.1) is 0 Å².